The minimum atomic E-state index is -5.00. The van der Waals surface area contributed by atoms with Crippen molar-refractivity contribution in [1.82, 2.24) is 15.5 Å². The van der Waals surface area contributed by atoms with Gasteiger partial charge in [0.05, 0.1) is 35.6 Å². The van der Waals surface area contributed by atoms with Crippen LogP contribution in [0.5, 0.6) is 0 Å². The number of hydrogen-bond acceptors (Lipinski definition) is 7. The number of carbonyl (C=O) groups excluding carboxylic acids is 2. The maximum absolute atomic E-state index is 15.6. The number of guanidine groups is 1. The zero-order valence-electron chi connectivity index (χ0n) is 18.1. The molecule has 2 heterocycles. The van der Waals surface area contributed by atoms with Gasteiger partial charge in [0, 0.05) is 6.54 Å². The lowest BCUT2D eigenvalue weighted by Gasteiger charge is -2.37. The van der Waals surface area contributed by atoms with Gasteiger partial charge in [-0.2, -0.15) is 13.2 Å². The van der Waals surface area contributed by atoms with Gasteiger partial charge >= 0.3 is 18.4 Å². The second-order valence-electron chi connectivity index (χ2n) is 7.26. The first-order valence-corrected chi connectivity index (χ1v) is 10.0. The summed E-state index contributed by atoms with van der Waals surface area (Å²) in [5.41, 5.74) is 2.81. The highest BCUT2D eigenvalue weighted by atomic mass is 19.4. The van der Waals surface area contributed by atoms with E-state index in [1.165, 1.54) is 13.0 Å². The topological polar surface area (TPSA) is 150 Å². The van der Waals surface area contributed by atoms with E-state index >= 15 is 4.39 Å². The van der Waals surface area contributed by atoms with Gasteiger partial charge in [0.1, 0.15) is 6.17 Å². The highest BCUT2D eigenvalue weighted by Crippen LogP contribution is 2.37. The molecule has 2 aliphatic rings. The van der Waals surface area contributed by atoms with E-state index in [-0.39, 0.29) is 13.1 Å². The number of aliphatic imine (C=N–C) groups is 1. The smallest absolute Gasteiger partial charge is 0.449 e. The number of anilines is 1. The molecule has 2 aliphatic heterocycles. The normalized spacial score (nSPS) is 20.1. The van der Waals surface area contributed by atoms with Crippen LogP contribution in [-0.4, -0.2) is 59.4 Å². The fraction of sp³-hybridized carbons (Fsp3) is 0.300. The van der Waals surface area contributed by atoms with E-state index in [0.717, 1.165) is 11.1 Å². The molecule has 0 spiro atoms. The van der Waals surface area contributed by atoms with Gasteiger partial charge in [-0.15, -0.1) is 6.58 Å². The van der Waals surface area contributed by atoms with Crippen molar-refractivity contribution < 1.29 is 41.8 Å². The van der Waals surface area contributed by atoms with Crippen molar-refractivity contribution in [1.29, 1.82) is 0 Å². The number of halogens is 4. The Morgan fingerprint density at radius 1 is 1.43 bits per heavy atom. The Morgan fingerprint density at radius 3 is 2.66 bits per heavy atom. The molecule has 0 aliphatic carbocycles. The molecule has 35 heavy (non-hydrogen) atoms. The maximum atomic E-state index is 15.6. The highest BCUT2D eigenvalue weighted by Gasteiger charge is 2.42. The summed E-state index contributed by atoms with van der Waals surface area (Å²) in [6, 6.07) is -0.633. The van der Waals surface area contributed by atoms with Crippen molar-refractivity contribution >= 4 is 29.7 Å². The van der Waals surface area contributed by atoms with Crippen LogP contribution >= 0.6 is 0 Å². The zero-order chi connectivity index (χ0) is 26.1. The summed E-state index contributed by atoms with van der Waals surface area (Å²) >= 11 is 0. The highest BCUT2D eigenvalue weighted by molar-refractivity contribution is 6.08. The Bertz CT molecular complexity index is 1140. The molecule has 15 heteroatoms. The van der Waals surface area contributed by atoms with E-state index in [0.29, 0.717) is 17.0 Å². The monoisotopic (exact) mass is 500 g/mol. The first kappa shape index (κ1) is 25.5. The minimum Gasteiger partial charge on any atom is -0.449 e. The number of benzene rings is 1. The number of urea groups is 1. The number of nitrogens with one attached hydrogen (secondary N) is 2. The van der Waals surface area contributed by atoms with Crippen molar-refractivity contribution in [3.63, 3.8) is 0 Å². The third kappa shape index (κ3) is 5.03. The lowest BCUT2D eigenvalue weighted by Crippen LogP contribution is -2.56. The van der Waals surface area contributed by atoms with Gasteiger partial charge in [0.2, 0.25) is 5.96 Å². The van der Waals surface area contributed by atoms with Crippen molar-refractivity contribution in [2.75, 3.05) is 18.0 Å². The van der Waals surface area contributed by atoms with Crippen LogP contribution in [-0.2, 0) is 10.9 Å². The number of hydrogen-bond donors (Lipinski definition) is 4. The van der Waals surface area contributed by atoms with Crippen LogP contribution in [0, 0.1) is 5.82 Å². The SMILES string of the molecule is C=CC1CN(C2=NC=C(OC(=O)O)C(N)N2c2cc(C(F)(F)F)cc(C(=O)NCC)c2F)C(=O)N1. The van der Waals surface area contributed by atoms with Gasteiger partial charge in [0.25, 0.3) is 5.91 Å². The third-order valence-corrected chi connectivity index (χ3v) is 4.98. The summed E-state index contributed by atoms with van der Waals surface area (Å²) < 4.78 is 61.1. The molecule has 2 unspecified atom stereocenters. The van der Waals surface area contributed by atoms with Crippen LogP contribution in [0.3, 0.4) is 0 Å². The molecular weight excluding hydrogens is 480 g/mol. The Kier molecular flexibility index (Phi) is 7.00. The fourth-order valence-corrected chi connectivity index (χ4v) is 3.39. The predicted molar refractivity (Wildman–Crippen MR) is 114 cm³/mol. The third-order valence-electron chi connectivity index (χ3n) is 4.98. The first-order chi connectivity index (χ1) is 16.4. The van der Waals surface area contributed by atoms with E-state index in [4.69, 9.17) is 10.8 Å². The van der Waals surface area contributed by atoms with Gasteiger partial charge in [-0.25, -0.2) is 19.0 Å². The quantitative estimate of drug-likeness (QED) is 0.275. The Balaban J connectivity index is 2.24. The number of carboxylic acid groups (broad SMARTS) is 1. The first-order valence-electron chi connectivity index (χ1n) is 10.0. The standard InChI is InChI=1S/C20H20F4N6O5/c1-3-10-8-29(18(32)28-10)17-27-7-13(35-19(33)34)15(25)30(17)12-6-9(20(22,23)24)5-11(14(12)21)16(31)26-4-2/h3,5-7,10,15H,1,4,8,25H2,2H3,(H,26,31)(H,28,32)(H,33,34). The Hall–Kier alpha value is -4.14. The molecule has 1 saturated heterocycles. The van der Waals surface area contributed by atoms with Crippen molar-refractivity contribution in [2.24, 2.45) is 10.7 Å². The van der Waals surface area contributed by atoms with E-state index in [1.807, 2.05) is 0 Å². The summed E-state index contributed by atoms with van der Waals surface area (Å²) in [7, 11) is 0. The molecular formula is C20H20F4N6O5. The van der Waals surface area contributed by atoms with Gasteiger partial charge in [-0.05, 0) is 19.1 Å². The zero-order valence-corrected chi connectivity index (χ0v) is 18.1. The lowest BCUT2D eigenvalue weighted by atomic mass is 10.1. The van der Waals surface area contributed by atoms with E-state index < -0.39 is 70.8 Å². The van der Waals surface area contributed by atoms with Gasteiger partial charge in [-0.3, -0.25) is 14.6 Å². The molecule has 2 atom stereocenters. The molecule has 5 N–H and O–H groups in total. The fourth-order valence-electron chi connectivity index (χ4n) is 3.39. The number of amides is 3. The number of nitrogens with two attached hydrogens (primary N) is 1. The summed E-state index contributed by atoms with van der Waals surface area (Å²) in [5, 5.41) is 13.7. The molecule has 0 bridgehead atoms. The van der Waals surface area contributed by atoms with Crippen LogP contribution in [0.1, 0.15) is 22.8 Å². The number of carbonyl (C=O) groups is 3. The summed E-state index contributed by atoms with van der Waals surface area (Å²) in [6.07, 6.45) is -6.33. The molecule has 1 fully saturated rings. The largest absolute Gasteiger partial charge is 0.511 e. The number of rotatable bonds is 5. The van der Waals surface area contributed by atoms with Crippen LogP contribution in [0.2, 0.25) is 0 Å². The maximum Gasteiger partial charge on any atom is 0.511 e. The molecule has 0 aromatic heterocycles. The average molecular weight is 500 g/mol. The van der Waals surface area contributed by atoms with Crippen LogP contribution in [0.15, 0.2) is 41.7 Å². The second-order valence-corrected chi connectivity index (χ2v) is 7.26. The van der Waals surface area contributed by atoms with Gasteiger partial charge in [-0.1, -0.05) is 6.08 Å². The Morgan fingerprint density at radius 2 is 2.11 bits per heavy atom. The molecule has 0 saturated carbocycles. The molecule has 0 radical (unpaired) electrons. The van der Waals surface area contributed by atoms with E-state index in [1.54, 1.807) is 0 Å². The molecule has 1 aromatic rings. The second kappa shape index (κ2) is 9.61. The molecule has 3 rings (SSSR count). The van der Waals surface area contributed by atoms with Crippen LogP contribution < -0.4 is 21.3 Å². The van der Waals surface area contributed by atoms with Gasteiger partial charge in [0.15, 0.2) is 11.6 Å². The van der Waals surface area contributed by atoms with Crippen LogP contribution in [0.4, 0.5) is 32.8 Å². The summed E-state index contributed by atoms with van der Waals surface area (Å²) in [5.74, 6) is -3.55. The Labute approximate surface area is 195 Å². The molecule has 188 valence electrons. The number of nitrogens with zero attached hydrogens (tertiary/aromatic N) is 3. The van der Waals surface area contributed by atoms with Crippen molar-refractivity contribution in [3.8, 4) is 0 Å². The average Bonchev–Trinajstić information content (AvgIpc) is 3.15. The minimum absolute atomic E-state index is 0.00395. The number of alkyl halides is 3. The lowest BCUT2D eigenvalue weighted by molar-refractivity contribution is -0.137. The predicted octanol–water partition coefficient (Wildman–Crippen LogP) is 2.17. The summed E-state index contributed by atoms with van der Waals surface area (Å²) in [6.45, 7) is 4.93. The van der Waals surface area contributed by atoms with Crippen molar-refractivity contribution in [2.45, 2.75) is 25.3 Å². The molecule has 11 nitrogen and oxygen atoms in total. The summed E-state index contributed by atoms with van der Waals surface area (Å²) in [4.78, 5) is 41.4. The number of ether oxygens (including phenoxy) is 1. The van der Waals surface area contributed by atoms with E-state index in [2.05, 4.69) is 26.9 Å². The van der Waals surface area contributed by atoms with Crippen molar-refractivity contribution in [3.05, 3.63) is 53.7 Å². The van der Waals surface area contributed by atoms with Crippen LogP contribution in [0.25, 0.3) is 0 Å². The van der Waals surface area contributed by atoms with E-state index in [9.17, 15) is 27.6 Å². The van der Waals surface area contributed by atoms with Gasteiger partial charge < -0.3 is 26.2 Å². The molecule has 3 amide bonds. The molecule has 1 aromatic carbocycles.